The van der Waals surface area contributed by atoms with Gasteiger partial charge in [-0.25, -0.2) is 19.9 Å². The number of alkyl halides is 6. The molecule has 0 radical (unpaired) electrons. The van der Waals surface area contributed by atoms with Crippen LogP contribution in [0.2, 0.25) is 0 Å². The van der Waals surface area contributed by atoms with E-state index in [4.69, 9.17) is 28.5 Å². The summed E-state index contributed by atoms with van der Waals surface area (Å²) in [5, 5.41) is 1.96. The van der Waals surface area contributed by atoms with Crippen molar-refractivity contribution in [1.29, 1.82) is 0 Å². The Morgan fingerprint density at radius 3 is 1.53 bits per heavy atom. The summed E-state index contributed by atoms with van der Waals surface area (Å²) in [6.45, 7) is -0.823. The third-order valence-corrected chi connectivity index (χ3v) is 9.12. The highest BCUT2D eigenvalue weighted by atomic mass is 19.4. The van der Waals surface area contributed by atoms with Crippen LogP contribution < -0.4 is 10.8 Å². The largest absolute Gasteiger partial charge is 0.465 e. The van der Waals surface area contributed by atoms with Crippen molar-refractivity contribution in [3.63, 3.8) is 0 Å². The monoisotopic (exact) mass is 834 g/mol. The molecule has 2 amide bonds. The second-order valence-corrected chi connectivity index (χ2v) is 13.4. The van der Waals surface area contributed by atoms with Crippen LogP contribution >= 0.6 is 0 Å². The number of urea groups is 1. The van der Waals surface area contributed by atoms with Gasteiger partial charge in [0.2, 0.25) is 6.29 Å². The minimum atomic E-state index is -6.17. The Morgan fingerprint density at radius 1 is 0.627 bits per heavy atom. The molecule has 59 heavy (non-hydrogen) atoms. The fourth-order valence-electron chi connectivity index (χ4n) is 6.19. The summed E-state index contributed by atoms with van der Waals surface area (Å²) in [7, 11) is 0. The molecule has 316 valence electrons. The van der Waals surface area contributed by atoms with Gasteiger partial charge in [0.1, 0.15) is 24.4 Å². The molecular weight excluding hydrogens is 794 g/mol. The maximum atomic E-state index is 13.4. The Kier molecular flexibility index (Phi) is 14.6. The summed E-state index contributed by atoms with van der Waals surface area (Å²) in [5.74, 6) is -7.20. The lowest BCUT2D eigenvalue weighted by molar-refractivity contribution is -0.439. The van der Waals surface area contributed by atoms with Gasteiger partial charge in [0.15, 0.2) is 6.10 Å². The topological polar surface area (TPSA) is 132 Å². The van der Waals surface area contributed by atoms with Crippen molar-refractivity contribution in [3.05, 3.63) is 144 Å². The van der Waals surface area contributed by atoms with E-state index in [1.54, 1.807) is 0 Å². The van der Waals surface area contributed by atoms with Crippen LogP contribution in [0.5, 0.6) is 0 Å². The number of rotatable bonds is 17. The van der Waals surface area contributed by atoms with Gasteiger partial charge in [-0.15, -0.1) is 0 Å². The van der Waals surface area contributed by atoms with Crippen LogP contribution in [0.1, 0.15) is 22.3 Å². The molecule has 4 aromatic carbocycles. The highest BCUT2D eigenvalue weighted by Crippen LogP contribution is 2.50. The van der Waals surface area contributed by atoms with E-state index >= 15 is 0 Å². The molecule has 0 aromatic heterocycles. The Balaban J connectivity index is 1.23. The minimum absolute atomic E-state index is 0.00793. The molecule has 6 atom stereocenters. The minimum Gasteiger partial charge on any atom is -0.414 e. The first-order valence-electron chi connectivity index (χ1n) is 18.3. The third kappa shape index (κ3) is 11.4. The Bertz CT molecular complexity index is 1900. The molecule has 0 spiro atoms. The fraction of sp³-hybridized carbons (Fsp3) is 0.366. The van der Waals surface area contributed by atoms with Gasteiger partial charge in [-0.2, -0.15) is 26.3 Å². The summed E-state index contributed by atoms with van der Waals surface area (Å²) >= 11 is 0. The normalized spacial score (nSPS) is 23.1. The molecule has 0 bridgehead atoms. The summed E-state index contributed by atoms with van der Waals surface area (Å²) in [6, 6.07) is 35.7. The quantitative estimate of drug-likeness (QED) is 0.0675. The van der Waals surface area contributed by atoms with Crippen molar-refractivity contribution in [2.24, 2.45) is 0 Å². The van der Waals surface area contributed by atoms with Crippen LogP contribution in [-0.4, -0.2) is 80.1 Å². The van der Waals surface area contributed by atoms with E-state index in [1.807, 2.05) is 132 Å². The average molecular weight is 835 g/mol. The number of nitrogens with one attached hydrogen (secondary N) is 2. The number of benzene rings is 4. The Labute approximate surface area is 334 Å². The third-order valence-electron chi connectivity index (χ3n) is 9.12. The Hall–Kier alpha value is -5.08. The maximum Gasteiger partial charge on any atom is 0.465 e. The van der Waals surface area contributed by atoms with Crippen molar-refractivity contribution in [3.8, 4) is 0 Å². The highest BCUT2D eigenvalue weighted by molar-refractivity contribution is 5.79. The van der Waals surface area contributed by atoms with Gasteiger partial charge in [-0.3, -0.25) is 0 Å². The van der Waals surface area contributed by atoms with Crippen molar-refractivity contribution in [1.82, 2.24) is 10.8 Å². The molecule has 2 aliphatic rings. The van der Waals surface area contributed by atoms with Crippen molar-refractivity contribution < 1.29 is 73.9 Å². The smallest absolute Gasteiger partial charge is 0.414 e. The van der Waals surface area contributed by atoms with Crippen LogP contribution in [0, 0.1) is 0 Å². The van der Waals surface area contributed by atoms with E-state index in [-0.39, 0.29) is 33.0 Å². The van der Waals surface area contributed by atoms with Crippen LogP contribution in [0.3, 0.4) is 0 Å². The molecule has 0 unspecified atom stereocenters. The molecule has 2 N–H and O–H groups in total. The molecule has 2 saturated heterocycles. The second-order valence-electron chi connectivity index (χ2n) is 13.4. The van der Waals surface area contributed by atoms with Gasteiger partial charge in [0, 0.05) is 0 Å². The molecule has 0 aliphatic carbocycles. The predicted molar refractivity (Wildman–Crippen MR) is 193 cm³/mol. The van der Waals surface area contributed by atoms with Gasteiger partial charge < -0.3 is 38.5 Å². The molecule has 12 nitrogen and oxygen atoms in total. The molecule has 2 fully saturated rings. The number of carbonyl (C=O) groups is 2. The zero-order valence-electron chi connectivity index (χ0n) is 31.1. The summed E-state index contributed by atoms with van der Waals surface area (Å²) < 4.78 is 120. The highest BCUT2D eigenvalue weighted by Gasteiger charge is 2.80. The number of halogens is 6. The van der Waals surface area contributed by atoms with E-state index in [0.717, 1.165) is 22.3 Å². The SMILES string of the molecule is O=C(NC[C@@H]1OC(C(F)(F)F)(C(F)(F)F)OC1=O)NO[C@@H]1O[C@H](COCc2ccccc2)[C@@H](OCc2ccccc2)[C@H](OCc2ccccc2)[C@@H]1OCc1ccccc1. The van der Waals surface area contributed by atoms with Gasteiger partial charge in [0.05, 0.1) is 39.6 Å². The first kappa shape index (κ1) is 43.5. The molecule has 0 saturated carbocycles. The number of esters is 1. The summed E-state index contributed by atoms with van der Waals surface area (Å²) in [6.07, 6.45) is -20.2. The van der Waals surface area contributed by atoms with Gasteiger partial charge in [-0.1, -0.05) is 121 Å². The van der Waals surface area contributed by atoms with E-state index in [9.17, 15) is 35.9 Å². The molecule has 4 aromatic rings. The van der Waals surface area contributed by atoms with Crippen LogP contribution in [0.15, 0.2) is 121 Å². The van der Waals surface area contributed by atoms with E-state index < -0.39 is 73.5 Å². The number of ether oxygens (including phenoxy) is 7. The van der Waals surface area contributed by atoms with E-state index in [1.165, 1.54) is 0 Å². The number of hydroxylamine groups is 1. The predicted octanol–water partition coefficient (Wildman–Crippen LogP) is 6.68. The van der Waals surface area contributed by atoms with Gasteiger partial charge in [-0.05, 0) is 22.3 Å². The first-order valence-corrected chi connectivity index (χ1v) is 18.3. The second kappa shape index (κ2) is 19.8. The zero-order chi connectivity index (χ0) is 41.9. The Morgan fingerprint density at radius 2 is 1.07 bits per heavy atom. The average Bonchev–Trinajstić information content (AvgIpc) is 3.60. The lowest BCUT2D eigenvalue weighted by Gasteiger charge is -2.45. The van der Waals surface area contributed by atoms with Crippen molar-refractivity contribution in [2.45, 2.75) is 81.4 Å². The number of hydrogen-bond donors (Lipinski definition) is 2. The molecule has 18 heteroatoms. The molecule has 2 aliphatic heterocycles. The van der Waals surface area contributed by atoms with E-state index in [0.29, 0.717) is 0 Å². The van der Waals surface area contributed by atoms with Crippen LogP contribution in [0.25, 0.3) is 0 Å². The number of cyclic esters (lactones) is 1. The fourth-order valence-corrected chi connectivity index (χ4v) is 6.19. The van der Waals surface area contributed by atoms with Crippen LogP contribution in [-0.2, 0) is 69.2 Å². The lowest BCUT2D eigenvalue weighted by atomic mass is 9.98. The van der Waals surface area contributed by atoms with E-state index in [2.05, 4.69) is 9.47 Å². The molecular formula is C41H40F6N2O10. The number of carbonyl (C=O) groups excluding carboxylic acids is 2. The number of hydrogen-bond acceptors (Lipinski definition) is 10. The summed E-state index contributed by atoms with van der Waals surface area (Å²) in [5.41, 5.74) is 5.30. The van der Waals surface area contributed by atoms with Gasteiger partial charge >= 0.3 is 30.1 Å². The standard InChI is InChI=1S/C41H40F6N2O10/c42-40(43,44)39(41(45,46)47)57-31(36(50)58-39)21-48-38(51)49-59-37-35(55-25-30-19-11-4-12-20-30)34(54-24-29-17-9-3-10-18-29)33(53-23-28-15-7-2-8-16-28)32(56-37)26-52-22-27-13-5-1-6-14-27/h1-20,31-35,37H,21-26H2,(H2,48,49,51)/t31-,32+,33+,34-,35-,37-/m0/s1. The summed E-state index contributed by atoms with van der Waals surface area (Å²) in [4.78, 5) is 30.7. The van der Waals surface area contributed by atoms with Crippen molar-refractivity contribution in [2.75, 3.05) is 13.2 Å². The maximum absolute atomic E-state index is 13.4. The molecule has 6 rings (SSSR count). The molecule has 2 heterocycles. The van der Waals surface area contributed by atoms with Crippen LogP contribution in [0.4, 0.5) is 31.1 Å². The zero-order valence-corrected chi connectivity index (χ0v) is 31.1. The lowest BCUT2D eigenvalue weighted by Crippen LogP contribution is -2.63. The van der Waals surface area contributed by atoms with Gasteiger partial charge in [0.25, 0.3) is 0 Å². The van der Waals surface area contributed by atoms with Crippen molar-refractivity contribution >= 4 is 12.0 Å². The first-order chi connectivity index (χ1) is 28.3. The number of amides is 2.